The van der Waals surface area contributed by atoms with Crippen molar-refractivity contribution in [3.63, 3.8) is 0 Å². The average Bonchev–Trinajstić information content (AvgIpc) is 3.43. The maximum Gasteiger partial charge on any atom is 0.276 e. The molecular formula is C20H22N4O4S3. The minimum absolute atomic E-state index is 0.0513. The van der Waals surface area contributed by atoms with E-state index in [4.69, 9.17) is 4.42 Å². The monoisotopic (exact) mass is 478 g/mol. The minimum Gasteiger partial charge on any atom is -0.416 e. The second-order valence-electron chi connectivity index (χ2n) is 7.55. The lowest BCUT2D eigenvalue weighted by atomic mass is 10.1. The van der Waals surface area contributed by atoms with Crippen molar-refractivity contribution >= 4 is 44.5 Å². The molecule has 1 N–H and O–H groups in total. The predicted octanol–water partition coefficient (Wildman–Crippen LogP) is 3.29. The van der Waals surface area contributed by atoms with Crippen molar-refractivity contribution in [1.82, 2.24) is 15.2 Å². The van der Waals surface area contributed by atoms with Crippen LogP contribution in [0.2, 0.25) is 0 Å². The molecule has 3 heterocycles. The molecule has 11 heteroatoms. The molecule has 1 aliphatic heterocycles. The molecule has 2 aromatic heterocycles. The van der Waals surface area contributed by atoms with Crippen molar-refractivity contribution in [3.8, 4) is 0 Å². The van der Waals surface area contributed by atoms with Gasteiger partial charge in [0.05, 0.1) is 23.6 Å². The van der Waals surface area contributed by atoms with E-state index in [1.807, 2.05) is 36.6 Å². The van der Waals surface area contributed by atoms with E-state index < -0.39 is 9.84 Å². The van der Waals surface area contributed by atoms with E-state index in [2.05, 4.69) is 20.5 Å². The van der Waals surface area contributed by atoms with Gasteiger partial charge in [0.25, 0.3) is 5.22 Å². The summed E-state index contributed by atoms with van der Waals surface area (Å²) in [6.45, 7) is 2.00. The number of thioether (sulfide) groups is 1. The fourth-order valence-corrected chi connectivity index (χ4v) is 6.70. The lowest BCUT2D eigenvalue weighted by Crippen LogP contribution is -2.14. The first-order valence-corrected chi connectivity index (χ1v) is 13.5. The molecule has 0 aliphatic carbocycles. The number of sulfone groups is 1. The molecule has 1 fully saturated rings. The topological polar surface area (TPSA) is 115 Å². The zero-order valence-electron chi connectivity index (χ0n) is 16.9. The number of nitrogens with one attached hydrogen (secondary N) is 1. The minimum atomic E-state index is -2.91. The molecule has 4 rings (SSSR count). The van der Waals surface area contributed by atoms with Crippen LogP contribution >= 0.6 is 23.1 Å². The summed E-state index contributed by atoms with van der Waals surface area (Å²) < 4.78 is 28.8. The van der Waals surface area contributed by atoms with Crippen molar-refractivity contribution < 1.29 is 17.6 Å². The molecule has 1 saturated heterocycles. The summed E-state index contributed by atoms with van der Waals surface area (Å²) in [6.07, 6.45) is 1.36. The van der Waals surface area contributed by atoms with Gasteiger partial charge in [-0.05, 0) is 31.4 Å². The van der Waals surface area contributed by atoms with Gasteiger partial charge in [-0.1, -0.05) is 29.5 Å². The summed E-state index contributed by atoms with van der Waals surface area (Å²) in [5.41, 5.74) is 2.75. The van der Waals surface area contributed by atoms with E-state index >= 15 is 0 Å². The largest absolute Gasteiger partial charge is 0.416 e. The Balaban J connectivity index is 1.24. The number of hydrogen-bond acceptors (Lipinski definition) is 9. The molecule has 1 atom stereocenters. The van der Waals surface area contributed by atoms with Gasteiger partial charge >= 0.3 is 0 Å². The van der Waals surface area contributed by atoms with Crippen LogP contribution in [0.25, 0.3) is 0 Å². The van der Waals surface area contributed by atoms with Crippen LogP contribution in [0.5, 0.6) is 0 Å². The normalized spacial score (nSPS) is 17.6. The summed E-state index contributed by atoms with van der Waals surface area (Å²) in [7, 11) is -2.91. The standard InChI is InChI=1S/C20H22N4O4S3/c1-13-2-4-15(5-3-13)21-17(25)9-19-22-16(10-29-19)11-30-20-24-23-18(28-20)8-14-6-7-31(26,27)12-14/h2-5,10,14H,6-9,11-12H2,1H3,(H,21,25)/t14-/m0/s1. The second kappa shape index (κ2) is 9.49. The van der Waals surface area contributed by atoms with Gasteiger partial charge in [-0.3, -0.25) is 4.79 Å². The van der Waals surface area contributed by atoms with Crippen molar-refractivity contribution in [2.45, 2.75) is 37.2 Å². The number of amides is 1. The number of benzene rings is 1. The van der Waals surface area contributed by atoms with E-state index in [1.165, 1.54) is 23.1 Å². The maximum absolute atomic E-state index is 12.2. The highest BCUT2D eigenvalue weighted by Crippen LogP contribution is 2.26. The van der Waals surface area contributed by atoms with Crippen LogP contribution in [0, 0.1) is 12.8 Å². The lowest BCUT2D eigenvalue weighted by Gasteiger charge is -2.04. The Bertz CT molecular complexity index is 1160. The van der Waals surface area contributed by atoms with Crippen molar-refractivity contribution in [2.24, 2.45) is 5.92 Å². The highest BCUT2D eigenvalue weighted by molar-refractivity contribution is 7.98. The molecule has 31 heavy (non-hydrogen) atoms. The van der Waals surface area contributed by atoms with Crippen molar-refractivity contribution in [2.75, 3.05) is 16.8 Å². The molecule has 1 aromatic carbocycles. The summed E-state index contributed by atoms with van der Waals surface area (Å²) in [6, 6.07) is 7.66. The van der Waals surface area contributed by atoms with Gasteiger partial charge in [0.2, 0.25) is 11.8 Å². The van der Waals surface area contributed by atoms with E-state index in [0.29, 0.717) is 29.7 Å². The Morgan fingerprint density at radius 2 is 2.10 bits per heavy atom. The molecule has 1 aliphatic rings. The Morgan fingerprint density at radius 1 is 1.29 bits per heavy atom. The first-order chi connectivity index (χ1) is 14.8. The van der Waals surface area contributed by atoms with Gasteiger partial charge in [0.15, 0.2) is 9.84 Å². The Labute approximate surface area is 188 Å². The van der Waals surface area contributed by atoms with Crippen LogP contribution in [0.15, 0.2) is 39.3 Å². The van der Waals surface area contributed by atoms with Crippen LogP contribution in [-0.2, 0) is 33.2 Å². The Morgan fingerprint density at radius 3 is 2.84 bits per heavy atom. The van der Waals surface area contributed by atoms with Gasteiger partial charge in [-0.25, -0.2) is 13.4 Å². The van der Waals surface area contributed by atoms with Crippen LogP contribution in [-0.4, -0.2) is 41.0 Å². The van der Waals surface area contributed by atoms with Crippen LogP contribution in [0.1, 0.15) is 28.6 Å². The zero-order valence-corrected chi connectivity index (χ0v) is 19.4. The summed E-state index contributed by atoms with van der Waals surface area (Å²) in [5, 5.41) is 14.0. The molecule has 0 saturated carbocycles. The highest BCUT2D eigenvalue weighted by atomic mass is 32.2. The van der Waals surface area contributed by atoms with Gasteiger partial charge < -0.3 is 9.73 Å². The molecule has 0 bridgehead atoms. The zero-order chi connectivity index (χ0) is 21.8. The lowest BCUT2D eigenvalue weighted by molar-refractivity contribution is -0.115. The number of anilines is 1. The molecule has 8 nitrogen and oxygen atoms in total. The number of aryl methyl sites for hydroxylation is 1. The number of carbonyl (C=O) groups excluding carboxylic acids is 1. The van der Waals surface area contributed by atoms with E-state index in [1.54, 1.807) is 0 Å². The first-order valence-electron chi connectivity index (χ1n) is 9.80. The fourth-order valence-electron chi connectivity index (χ4n) is 3.27. The quantitative estimate of drug-likeness (QED) is 0.491. The highest BCUT2D eigenvalue weighted by Gasteiger charge is 2.29. The summed E-state index contributed by atoms with van der Waals surface area (Å²) in [5.74, 6) is 1.40. The van der Waals surface area contributed by atoms with Crippen molar-refractivity contribution in [3.05, 3.63) is 51.8 Å². The number of nitrogens with zero attached hydrogens (tertiary/aromatic N) is 3. The SMILES string of the molecule is Cc1ccc(NC(=O)Cc2nc(CSc3nnc(C[C@@H]4CCS(=O)(=O)C4)o3)cs2)cc1. The number of thiazole rings is 1. The van der Waals surface area contributed by atoms with Crippen LogP contribution < -0.4 is 5.32 Å². The van der Waals surface area contributed by atoms with E-state index in [-0.39, 0.29) is 29.8 Å². The number of carbonyl (C=O) groups is 1. The molecular weight excluding hydrogens is 456 g/mol. The fraction of sp³-hybridized carbons (Fsp3) is 0.400. The third-order valence-electron chi connectivity index (χ3n) is 4.83. The molecule has 0 unspecified atom stereocenters. The molecule has 3 aromatic rings. The smallest absolute Gasteiger partial charge is 0.276 e. The summed E-state index contributed by atoms with van der Waals surface area (Å²) in [4.78, 5) is 16.7. The Kier molecular flexibility index (Phi) is 6.73. The Hall–Kier alpha value is -2.24. The average molecular weight is 479 g/mol. The predicted molar refractivity (Wildman–Crippen MR) is 120 cm³/mol. The van der Waals surface area contributed by atoms with E-state index in [0.717, 1.165) is 22.0 Å². The number of rotatable bonds is 8. The second-order valence-corrected chi connectivity index (χ2v) is 11.6. The molecule has 0 radical (unpaired) electrons. The molecule has 1 amide bonds. The van der Waals surface area contributed by atoms with E-state index in [9.17, 15) is 13.2 Å². The van der Waals surface area contributed by atoms with Gasteiger partial charge in [-0.2, -0.15) is 0 Å². The summed E-state index contributed by atoms with van der Waals surface area (Å²) >= 11 is 2.82. The van der Waals surface area contributed by atoms with Crippen LogP contribution in [0.3, 0.4) is 0 Å². The number of hydrogen-bond donors (Lipinski definition) is 1. The van der Waals surface area contributed by atoms with Gasteiger partial charge in [0, 0.05) is 23.2 Å². The molecule has 0 spiro atoms. The van der Waals surface area contributed by atoms with Gasteiger partial charge in [-0.15, -0.1) is 21.5 Å². The maximum atomic E-state index is 12.2. The van der Waals surface area contributed by atoms with Gasteiger partial charge in [0.1, 0.15) is 5.01 Å². The van der Waals surface area contributed by atoms with Crippen molar-refractivity contribution in [1.29, 1.82) is 0 Å². The first kappa shape index (κ1) is 22.0. The third kappa shape index (κ3) is 6.37. The third-order valence-corrected chi connectivity index (χ3v) is 8.41. The van der Waals surface area contributed by atoms with Crippen LogP contribution in [0.4, 0.5) is 5.69 Å². The molecule has 164 valence electrons. The number of aromatic nitrogens is 3.